The lowest BCUT2D eigenvalue weighted by Crippen LogP contribution is -2.37. The van der Waals surface area contributed by atoms with Gasteiger partial charge >= 0.3 is 5.97 Å². The number of esters is 1. The molecule has 1 aliphatic heterocycles. The van der Waals surface area contributed by atoms with E-state index in [1.165, 1.54) is 24.8 Å². The summed E-state index contributed by atoms with van der Waals surface area (Å²) < 4.78 is 10.0. The average Bonchev–Trinajstić information content (AvgIpc) is 3.10. The Hall–Kier alpha value is -2.52. The number of methoxy groups -OCH3 is 1. The summed E-state index contributed by atoms with van der Waals surface area (Å²) in [4.78, 5) is 34.3. The minimum absolute atomic E-state index is 0.232. The molecule has 1 fully saturated rings. The van der Waals surface area contributed by atoms with Crippen molar-refractivity contribution in [2.45, 2.75) is 0 Å². The number of nitrogens with zero attached hydrogens (tertiary/aromatic N) is 3. The molecule has 8 nitrogen and oxygen atoms in total. The van der Waals surface area contributed by atoms with Gasteiger partial charge < -0.3 is 19.7 Å². The minimum Gasteiger partial charge on any atom is -0.465 e. The highest BCUT2D eigenvalue weighted by Gasteiger charge is 2.19. The van der Waals surface area contributed by atoms with Gasteiger partial charge in [0.05, 0.1) is 25.9 Å². The predicted octanol–water partition coefficient (Wildman–Crippen LogP) is 1.41. The van der Waals surface area contributed by atoms with Crippen LogP contribution in [0.2, 0.25) is 0 Å². The molecule has 0 unspecified atom stereocenters. The molecule has 9 heteroatoms. The Bertz CT molecular complexity index is 743. The molecule has 24 heavy (non-hydrogen) atoms. The first kappa shape index (κ1) is 16.3. The summed E-state index contributed by atoms with van der Waals surface area (Å²) in [6, 6.07) is 3.23. The van der Waals surface area contributed by atoms with E-state index in [2.05, 4.69) is 15.3 Å². The van der Waals surface area contributed by atoms with Crippen LogP contribution in [-0.2, 0) is 9.47 Å². The lowest BCUT2D eigenvalue weighted by molar-refractivity contribution is 0.0602. The van der Waals surface area contributed by atoms with Crippen molar-refractivity contribution in [3.05, 3.63) is 35.1 Å². The fourth-order valence-corrected chi connectivity index (χ4v) is 3.05. The summed E-state index contributed by atoms with van der Waals surface area (Å²) in [7, 11) is 1.30. The van der Waals surface area contributed by atoms with E-state index in [0.717, 1.165) is 13.1 Å². The van der Waals surface area contributed by atoms with Crippen LogP contribution in [0.25, 0.3) is 0 Å². The highest BCUT2D eigenvalue weighted by molar-refractivity contribution is 7.14. The molecule has 0 spiro atoms. The van der Waals surface area contributed by atoms with Gasteiger partial charge in [-0.1, -0.05) is 0 Å². The molecule has 0 aromatic carbocycles. The van der Waals surface area contributed by atoms with Crippen molar-refractivity contribution in [1.82, 2.24) is 9.97 Å². The molecule has 126 valence electrons. The largest absolute Gasteiger partial charge is 0.465 e. The van der Waals surface area contributed by atoms with Crippen LogP contribution in [0.3, 0.4) is 0 Å². The molecule has 1 N–H and O–H groups in total. The van der Waals surface area contributed by atoms with Gasteiger partial charge in [-0.25, -0.2) is 14.8 Å². The lowest BCUT2D eigenvalue weighted by atomic mass is 10.3. The number of ether oxygens (including phenoxy) is 2. The Kier molecular flexibility index (Phi) is 5.02. The van der Waals surface area contributed by atoms with Gasteiger partial charge in [-0.3, -0.25) is 4.79 Å². The molecule has 1 saturated heterocycles. The van der Waals surface area contributed by atoms with Crippen LogP contribution in [0, 0.1) is 0 Å². The predicted molar refractivity (Wildman–Crippen MR) is 88.7 cm³/mol. The number of hydrogen-bond donors (Lipinski definition) is 1. The zero-order valence-corrected chi connectivity index (χ0v) is 13.8. The molecule has 2 aromatic rings. The van der Waals surface area contributed by atoms with Crippen LogP contribution in [0.15, 0.2) is 23.8 Å². The second kappa shape index (κ2) is 7.37. The van der Waals surface area contributed by atoms with Crippen LogP contribution in [-0.4, -0.2) is 55.3 Å². The Morgan fingerprint density at radius 3 is 2.88 bits per heavy atom. The highest BCUT2D eigenvalue weighted by Crippen LogP contribution is 2.24. The third-order valence-corrected chi connectivity index (χ3v) is 4.35. The van der Waals surface area contributed by atoms with E-state index in [-0.39, 0.29) is 5.69 Å². The number of carbonyl (C=O) groups is 2. The monoisotopic (exact) mass is 348 g/mol. The molecule has 3 heterocycles. The van der Waals surface area contributed by atoms with E-state index < -0.39 is 11.9 Å². The first-order chi connectivity index (χ1) is 11.7. The van der Waals surface area contributed by atoms with Crippen molar-refractivity contribution in [1.29, 1.82) is 0 Å². The fourth-order valence-electron chi connectivity index (χ4n) is 2.28. The number of hydrogen-bond acceptors (Lipinski definition) is 8. The third-order valence-electron chi connectivity index (χ3n) is 3.52. The first-order valence-corrected chi connectivity index (χ1v) is 8.19. The van der Waals surface area contributed by atoms with Crippen LogP contribution >= 0.6 is 11.3 Å². The topological polar surface area (TPSA) is 93.7 Å². The number of anilines is 2. The Morgan fingerprint density at radius 1 is 1.33 bits per heavy atom. The van der Waals surface area contributed by atoms with Crippen molar-refractivity contribution in [2.75, 3.05) is 43.6 Å². The first-order valence-electron chi connectivity index (χ1n) is 7.31. The molecule has 1 amide bonds. The van der Waals surface area contributed by atoms with Gasteiger partial charge in [0.15, 0.2) is 0 Å². The molecule has 0 saturated carbocycles. The maximum absolute atomic E-state index is 12.4. The smallest absolute Gasteiger partial charge is 0.340 e. The van der Waals surface area contributed by atoms with Gasteiger partial charge in [0.2, 0.25) is 0 Å². The zero-order chi connectivity index (χ0) is 16.9. The molecular weight excluding hydrogens is 332 g/mol. The van der Waals surface area contributed by atoms with Crippen LogP contribution < -0.4 is 10.2 Å². The second-order valence-electron chi connectivity index (χ2n) is 4.97. The summed E-state index contributed by atoms with van der Waals surface area (Å²) in [5.41, 5.74) is 0.550. The van der Waals surface area contributed by atoms with Gasteiger partial charge in [0.1, 0.15) is 22.8 Å². The average molecular weight is 348 g/mol. The SMILES string of the molecule is COC(=O)c1ccsc1NC(=O)c1cc(N2CCOCC2)ncn1. The number of nitrogens with one attached hydrogen (secondary N) is 1. The summed E-state index contributed by atoms with van der Waals surface area (Å²) in [5.74, 6) is -0.222. The van der Waals surface area contributed by atoms with Crippen molar-refractivity contribution in [3.8, 4) is 0 Å². The van der Waals surface area contributed by atoms with E-state index in [0.29, 0.717) is 29.6 Å². The van der Waals surface area contributed by atoms with Crippen molar-refractivity contribution < 1.29 is 19.1 Å². The molecule has 0 radical (unpaired) electrons. The molecule has 0 atom stereocenters. The fraction of sp³-hybridized carbons (Fsp3) is 0.333. The van der Waals surface area contributed by atoms with Crippen molar-refractivity contribution in [3.63, 3.8) is 0 Å². The molecule has 0 bridgehead atoms. The van der Waals surface area contributed by atoms with Crippen molar-refractivity contribution >= 4 is 34.0 Å². The quantitative estimate of drug-likeness (QED) is 0.835. The highest BCUT2D eigenvalue weighted by atomic mass is 32.1. The summed E-state index contributed by atoms with van der Waals surface area (Å²) >= 11 is 1.25. The summed E-state index contributed by atoms with van der Waals surface area (Å²) in [6.45, 7) is 2.69. The number of morpholine rings is 1. The van der Waals surface area contributed by atoms with Crippen LogP contribution in [0.5, 0.6) is 0 Å². The number of carbonyl (C=O) groups excluding carboxylic acids is 2. The molecule has 0 aliphatic carbocycles. The molecule has 2 aromatic heterocycles. The molecular formula is C15H16N4O4S. The Morgan fingerprint density at radius 2 is 2.12 bits per heavy atom. The van der Waals surface area contributed by atoms with Gasteiger partial charge in [-0.05, 0) is 11.4 Å². The van der Waals surface area contributed by atoms with E-state index in [9.17, 15) is 9.59 Å². The molecule has 1 aliphatic rings. The maximum Gasteiger partial charge on any atom is 0.340 e. The Labute approximate surface area is 142 Å². The van der Waals surface area contributed by atoms with Gasteiger partial charge in [-0.2, -0.15) is 0 Å². The van der Waals surface area contributed by atoms with Gasteiger partial charge in [0.25, 0.3) is 5.91 Å². The molecule has 3 rings (SSSR count). The minimum atomic E-state index is -0.497. The third kappa shape index (κ3) is 3.52. The number of rotatable bonds is 4. The standard InChI is InChI=1S/C15H16N4O4S/c1-22-15(21)10-2-7-24-14(10)18-13(20)11-8-12(17-9-16-11)19-3-5-23-6-4-19/h2,7-9H,3-6H2,1H3,(H,18,20). The van der Waals surface area contributed by atoms with E-state index in [1.807, 2.05) is 4.90 Å². The van der Waals surface area contributed by atoms with E-state index in [4.69, 9.17) is 9.47 Å². The number of thiophene rings is 1. The lowest BCUT2D eigenvalue weighted by Gasteiger charge is -2.27. The van der Waals surface area contributed by atoms with Crippen molar-refractivity contribution in [2.24, 2.45) is 0 Å². The normalized spacial score (nSPS) is 14.3. The number of aromatic nitrogens is 2. The summed E-state index contributed by atoms with van der Waals surface area (Å²) in [6.07, 6.45) is 1.36. The van der Waals surface area contributed by atoms with E-state index >= 15 is 0 Å². The van der Waals surface area contributed by atoms with Crippen LogP contribution in [0.1, 0.15) is 20.8 Å². The summed E-state index contributed by atoms with van der Waals surface area (Å²) in [5, 5.41) is 4.84. The van der Waals surface area contributed by atoms with Gasteiger partial charge in [-0.15, -0.1) is 11.3 Å². The van der Waals surface area contributed by atoms with E-state index in [1.54, 1.807) is 17.5 Å². The van der Waals surface area contributed by atoms with Crippen LogP contribution in [0.4, 0.5) is 10.8 Å². The zero-order valence-electron chi connectivity index (χ0n) is 13.0. The maximum atomic E-state index is 12.4. The Balaban J connectivity index is 1.76. The second-order valence-corrected chi connectivity index (χ2v) is 5.89. The van der Waals surface area contributed by atoms with Gasteiger partial charge in [0, 0.05) is 19.2 Å². The number of amides is 1.